The summed E-state index contributed by atoms with van der Waals surface area (Å²) < 4.78 is 5.17. The Bertz CT molecular complexity index is 514. The molecule has 0 aromatic heterocycles. The van der Waals surface area contributed by atoms with Gasteiger partial charge in [0, 0.05) is 6.07 Å². The van der Waals surface area contributed by atoms with Gasteiger partial charge in [-0.1, -0.05) is 30.3 Å². The highest BCUT2D eigenvalue weighted by Gasteiger charge is 2.08. The molecule has 0 saturated heterocycles. The van der Waals surface area contributed by atoms with Crippen molar-refractivity contribution >= 4 is 11.4 Å². The van der Waals surface area contributed by atoms with Crippen LogP contribution in [0.4, 0.5) is 11.4 Å². The van der Waals surface area contributed by atoms with Gasteiger partial charge < -0.3 is 15.5 Å². The number of rotatable bonds is 4. The van der Waals surface area contributed by atoms with Crippen LogP contribution in [-0.2, 0) is 6.54 Å². The molecule has 0 unspecified atom stereocenters. The molecule has 2 rings (SSSR count). The molecular weight excluding hydrogens is 226 g/mol. The van der Waals surface area contributed by atoms with Crippen molar-refractivity contribution in [1.29, 1.82) is 0 Å². The number of hydrogen-bond acceptors (Lipinski definition) is 4. The van der Waals surface area contributed by atoms with E-state index in [1.54, 1.807) is 18.2 Å². The van der Waals surface area contributed by atoms with Crippen molar-refractivity contribution in [2.24, 2.45) is 5.84 Å². The van der Waals surface area contributed by atoms with Gasteiger partial charge in [0.2, 0.25) is 0 Å². The SMILES string of the molecule is COc1ccc(N)c(N(N)Cc2ccccc2)c1. The molecule has 0 aliphatic heterocycles. The van der Waals surface area contributed by atoms with E-state index in [2.05, 4.69) is 0 Å². The fourth-order valence-electron chi connectivity index (χ4n) is 1.76. The zero-order valence-corrected chi connectivity index (χ0v) is 10.3. The smallest absolute Gasteiger partial charge is 0.121 e. The van der Waals surface area contributed by atoms with Gasteiger partial charge >= 0.3 is 0 Å². The van der Waals surface area contributed by atoms with Crippen LogP contribution in [-0.4, -0.2) is 7.11 Å². The number of nitrogens with two attached hydrogens (primary N) is 2. The van der Waals surface area contributed by atoms with Crippen molar-refractivity contribution < 1.29 is 4.74 Å². The Morgan fingerprint density at radius 1 is 1.11 bits per heavy atom. The van der Waals surface area contributed by atoms with E-state index in [9.17, 15) is 0 Å². The third-order valence-corrected chi connectivity index (χ3v) is 2.74. The molecule has 0 radical (unpaired) electrons. The van der Waals surface area contributed by atoms with Gasteiger partial charge in [-0.05, 0) is 17.7 Å². The van der Waals surface area contributed by atoms with E-state index in [-0.39, 0.29) is 0 Å². The van der Waals surface area contributed by atoms with Crippen LogP contribution in [0.3, 0.4) is 0 Å². The summed E-state index contributed by atoms with van der Waals surface area (Å²) in [5.74, 6) is 6.79. The third-order valence-electron chi connectivity index (χ3n) is 2.74. The number of nitrogen functional groups attached to an aromatic ring is 1. The minimum atomic E-state index is 0.595. The largest absolute Gasteiger partial charge is 0.497 e. The molecular formula is C14H17N3O. The summed E-state index contributed by atoms with van der Waals surface area (Å²) in [5, 5.41) is 1.62. The Kier molecular flexibility index (Phi) is 3.69. The number of ether oxygens (including phenoxy) is 1. The van der Waals surface area contributed by atoms with Crippen LogP contribution in [0.2, 0.25) is 0 Å². The van der Waals surface area contributed by atoms with Crippen molar-refractivity contribution in [2.45, 2.75) is 6.54 Å². The molecule has 0 aliphatic rings. The van der Waals surface area contributed by atoms with Crippen LogP contribution in [0.1, 0.15) is 5.56 Å². The first-order chi connectivity index (χ1) is 8.70. The second kappa shape index (κ2) is 5.42. The van der Waals surface area contributed by atoms with Crippen LogP contribution in [0.15, 0.2) is 48.5 Å². The molecule has 0 atom stereocenters. The Morgan fingerprint density at radius 2 is 1.83 bits per heavy atom. The molecule has 0 aliphatic carbocycles. The summed E-state index contributed by atoms with van der Waals surface area (Å²) in [6, 6.07) is 15.4. The van der Waals surface area contributed by atoms with Gasteiger partial charge in [-0.15, -0.1) is 0 Å². The van der Waals surface area contributed by atoms with Gasteiger partial charge in [-0.2, -0.15) is 0 Å². The standard InChI is InChI=1S/C14H17N3O/c1-18-12-7-8-13(15)14(9-12)17(16)10-11-5-3-2-4-6-11/h2-9H,10,15-16H2,1H3. The minimum absolute atomic E-state index is 0.595. The maximum Gasteiger partial charge on any atom is 0.121 e. The zero-order chi connectivity index (χ0) is 13.0. The van der Waals surface area contributed by atoms with E-state index in [0.29, 0.717) is 12.2 Å². The lowest BCUT2D eigenvalue weighted by atomic mass is 10.2. The third kappa shape index (κ3) is 2.73. The molecule has 0 bridgehead atoms. The number of hydrogen-bond donors (Lipinski definition) is 2. The van der Waals surface area contributed by atoms with Gasteiger partial charge in [0.25, 0.3) is 0 Å². The lowest BCUT2D eigenvalue weighted by Gasteiger charge is -2.21. The summed E-state index contributed by atoms with van der Waals surface area (Å²) in [7, 11) is 1.62. The van der Waals surface area contributed by atoms with Crippen molar-refractivity contribution in [3.05, 3.63) is 54.1 Å². The predicted molar refractivity (Wildman–Crippen MR) is 74.2 cm³/mol. The first kappa shape index (κ1) is 12.3. The molecule has 2 aromatic rings. The fraction of sp³-hybridized carbons (Fsp3) is 0.143. The van der Waals surface area contributed by atoms with Gasteiger partial charge in [0.15, 0.2) is 0 Å². The molecule has 0 fully saturated rings. The molecule has 18 heavy (non-hydrogen) atoms. The van der Waals surface area contributed by atoms with E-state index >= 15 is 0 Å². The minimum Gasteiger partial charge on any atom is -0.497 e. The summed E-state index contributed by atoms with van der Waals surface area (Å²) in [6.45, 7) is 0.595. The summed E-state index contributed by atoms with van der Waals surface area (Å²) >= 11 is 0. The first-order valence-electron chi connectivity index (χ1n) is 5.70. The average Bonchev–Trinajstić information content (AvgIpc) is 2.40. The predicted octanol–water partition coefficient (Wildman–Crippen LogP) is 2.16. The summed E-state index contributed by atoms with van der Waals surface area (Å²) in [6.07, 6.45) is 0. The molecule has 4 N–H and O–H groups in total. The van der Waals surface area contributed by atoms with Crippen LogP contribution in [0, 0.1) is 0 Å². The number of methoxy groups -OCH3 is 1. The number of hydrazine groups is 1. The van der Waals surface area contributed by atoms with Crippen molar-refractivity contribution in [3.8, 4) is 5.75 Å². The van der Waals surface area contributed by atoms with E-state index in [0.717, 1.165) is 17.0 Å². The second-order valence-corrected chi connectivity index (χ2v) is 4.04. The van der Waals surface area contributed by atoms with Crippen LogP contribution < -0.4 is 21.3 Å². The zero-order valence-electron chi connectivity index (χ0n) is 10.3. The van der Waals surface area contributed by atoms with Gasteiger partial charge in [-0.3, -0.25) is 0 Å². The molecule has 0 amide bonds. The second-order valence-electron chi connectivity index (χ2n) is 4.04. The van der Waals surface area contributed by atoms with Gasteiger partial charge in [0.05, 0.1) is 25.0 Å². The fourth-order valence-corrected chi connectivity index (χ4v) is 1.76. The lowest BCUT2D eigenvalue weighted by molar-refractivity contribution is 0.415. The Labute approximate surface area is 107 Å². The normalized spacial score (nSPS) is 10.1. The van der Waals surface area contributed by atoms with Crippen LogP contribution in [0.25, 0.3) is 0 Å². The lowest BCUT2D eigenvalue weighted by Crippen LogP contribution is -2.30. The van der Waals surface area contributed by atoms with Crippen molar-refractivity contribution in [1.82, 2.24) is 0 Å². The van der Waals surface area contributed by atoms with Crippen LogP contribution in [0.5, 0.6) is 5.75 Å². The van der Waals surface area contributed by atoms with Gasteiger partial charge in [0.1, 0.15) is 5.75 Å². The van der Waals surface area contributed by atoms with Crippen molar-refractivity contribution in [3.63, 3.8) is 0 Å². The quantitative estimate of drug-likeness (QED) is 0.490. The maximum atomic E-state index is 6.05. The van der Waals surface area contributed by atoms with Crippen molar-refractivity contribution in [2.75, 3.05) is 17.9 Å². The number of anilines is 2. The highest BCUT2D eigenvalue weighted by molar-refractivity contribution is 5.69. The molecule has 0 heterocycles. The maximum absolute atomic E-state index is 6.05. The van der Waals surface area contributed by atoms with Crippen LogP contribution >= 0.6 is 0 Å². The van der Waals surface area contributed by atoms with Gasteiger partial charge in [-0.25, -0.2) is 5.84 Å². The molecule has 4 nitrogen and oxygen atoms in total. The monoisotopic (exact) mass is 243 g/mol. The number of benzene rings is 2. The topological polar surface area (TPSA) is 64.5 Å². The Balaban J connectivity index is 2.20. The highest BCUT2D eigenvalue weighted by Crippen LogP contribution is 2.27. The summed E-state index contributed by atoms with van der Waals surface area (Å²) in [5.41, 5.74) is 8.44. The van der Waals surface area contributed by atoms with E-state index < -0.39 is 0 Å². The molecule has 0 saturated carbocycles. The Morgan fingerprint density at radius 3 is 2.50 bits per heavy atom. The summed E-state index contributed by atoms with van der Waals surface area (Å²) in [4.78, 5) is 0. The Hall–Kier alpha value is -2.20. The molecule has 0 spiro atoms. The molecule has 2 aromatic carbocycles. The number of nitrogens with zero attached hydrogens (tertiary/aromatic N) is 1. The van der Waals surface area contributed by atoms with E-state index in [1.807, 2.05) is 42.5 Å². The van der Waals surface area contributed by atoms with E-state index in [4.69, 9.17) is 16.3 Å². The highest BCUT2D eigenvalue weighted by atomic mass is 16.5. The average molecular weight is 243 g/mol. The first-order valence-corrected chi connectivity index (χ1v) is 5.70. The molecule has 94 valence electrons. The molecule has 4 heteroatoms. The van der Waals surface area contributed by atoms with E-state index in [1.165, 1.54) is 0 Å².